The molecule has 7 heavy (non-hydrogen) atoms. The van der Waals surface area contributed by atoms with Crippen LogP contribution in [0, 0.1) is 0 Å². The van der Waals surface area contributed by atoms with Crippen molar-refractivity contribution in [2.75, 3.05) is 6.61 Å². The largest absolute Gasteiger partial charge is 0.382 e. The first kappa shape index (κ1) is 5.03. The van der Waals surface area contributed by atoms with Gasteiger partial charge in [0.05, 0.1) is 6.61 Å². The highest BCUT2D eigenvalue weighted by Gasteiger charge is 2.41. The van der Waals surface area contributed by atoms with Crippen LogP contribution in [0.1, 0.15) is 6.92 Å². The quantitative estimate of drug-likeness (QED) is 0.418. The molecule has 1 aliphatic heterocycles. The molecule has 0 aromatic heterocycles. The van der Waals surface area contributed by atoms with Crippen molar-refractivity contribution in [1.29, 1.82) is 0 Å². The van der Waals surface area contributed by atoms with Crippen molar-refractivity contribution in [2.24, 2.45) is 0 Å². The molecular weight excluding hydrogens is 96.0 g/mol. The number of aliphatic hydroxyl groups excluding tert-OH is 1. The van der Waals surface area contributed by atoms with Gasteiger partial charge in [-0.2, -0.15) is 0 Å². The molecule has 2 N–H and O–H groups in total. The Morgan fingerprint density at radius 2 is 2.29 bits per heavy atom. The van der Waals surface area contributed by atoms with Crippen LogP contribution in [-0.2, 0) is 4.74 Å². The third kappa shape index (κ3) is 0.627. The highest BCUT2D eigenvalue weighted by atomic mass is 16.7. The van der Waals surface area contributed by atoms with Crippen LogP contribution in [0.5, 0.6) is 0 Å². The lowest BCUT2D eigenvalue weighted by atomic mass is 10.0. The summed E-state index contributed by atoms with van der Waals surface area (Å²) in [6.45, 7) is 1.77. The lowest BCUT2D eigenvalue weighted by Crippen LogP contribution is -2.55. The maximum atomic E-state index is 8.81. The Bertz CT molecular complexity index is 79.0. The van der Waals surface area contributed by atoms with Gasteiger partial charge >= 0.3 is 0 Å². The summed E-state index contributed by atoms with van der Waals surface area (Å²) in [6, 6.07) is 0. The first-order valence-electron chi connectivity index (χ1n) is 2.15. The molecule has 1 rings (SSSR count). The highest BCUT2D eigenvalue weighted by molar-refractivity contribution is 4.83. The van der Waals surface area contributed by atoms with Gasteiger partial charge in [-0.1, -0.05) is 0 Å². The van der Waals surface area contributed by atoms with Crippen molar-refractivity contribution in [3.63, 3.8) is 0 Å². The van der Waals surface area contributed by atoms with E-state index in [1.54, 1.807) is 0 Å². The lowest BCUT2D eigenvalue weighted by molar-refractivity contribution is -0.312. The average Bonchev–Trinajstić information content (AvgIpc) is 1.63. The third-order valence-corrected chi connectivity index (χ3v) is 1.07. The number of hydrogen-bond donors (Lipinski definition) is 2. The molecule has 1 fully saturated rings. The van der Waals surface area contributed by atoms with Crippen LogP contribution in [0.4, 0.5) is 0 Å². The number of aliphatic hydroxyl groups is 2. The summed E-state index contributed by atoms with van der Waals surface area (Å²) in [5.41, 5.74) is -0.986. The van der Waals surface area contributed by atoms with Gasteiger partial charge in [-0.25, -0.2) is 0 Å². The van der Waals surface area contributed by atoms with E-state index in [1.807, 2.05) is 0 Å². The second kappa shape index (κ2) is 1.18. The lowest BCUT2D eigenvalue weighted by Gasteiger charge is -2.38. The zero-order chi connectivity index (χ0) is 5.49. The molecule has 2 unspecified atom stereocenters. The molecule has 0 radical (unpaired) electrons. The molecule has 0 aliphatic carbocycles. The Balaban J connectivity index is 2.43. The first-order chi connectivity index (χ1) is 3.13. The Labute approximate surface area is 41.5 Å². The van der Waals surface area contributed by atoms with Crippen LogP contribution in [-0.4, -0.2) is 28.7 Å². The van der Waals surface area contributed by atoms with Gasteiger partial charge in [-0.15, -0.1) is 0 Å². The molecule has 1 heterocycles. The van der Waals surface area contributed by atoms with Crippen molar-refractivity contribution < 1.29 is 14.9 Å². The smallest absolute Gasteiger partial charge is 0.185 e. The first-order valence-corrected chi connectivity index (χ1v) is 2.15. The van der Waals surface area contributed by atoms with E-state index in [-0.39, 0.29) is 6.61 Å². The van der Waals surface area contributed by atoms with Crippen molar-refractivity contribution in [2.45, 2.75) is 18.8 Å². The van der Waals surface area contributed by atoms with E-state index in [0.29, 0.717) is 0 Å². The minimum atomic E-state index is -0.986. The maximum Gasteiger partial charge on any atom is 0.185 e. The Morgan fingerprint density at radius 3 is 2.29 bits per heavy atom. The van der Waals surface area contributed by atoms with E-state index in [1.165, 1.54) is 6.92 Å². The zero-order valence-corrected chi connectivity index (χ0v) is 4.09. The summed E-state index contributed by atoms with van der Waals surface area (Å²) in [5, 5.41) is 17.3. The van der Waals surface area contributed by atoms with Gasteiger partial charge < -0.3 is 14.9 Å². The van der Waals surface area contributed by atoms with Crippen LogP contribution >= 0.6 is 0 Å². The molecule has 3 heteroatoms. The normalized spacial score (nSPS) is 51.0. The van der Waals surface area contributed by atoms with E-state index in [0.717, 1.165) is 0 Å². The van der Waals surface area contributed by atoms with Crippen molar-refractivity contribution in [1.82, 2.24) is 0 Å². The molecule has 42 valence electrons. The van der Waals surface area contributed by atoms with Gasteiger partial charge in [0, 0.05) is 0 Å². The second-order valence-corrected chi connectivity index (χ2v) is 2.02. The minimum absolute atomic E-state index is 0.244. The summed E-state index contributed by atoms with van der Waals surface area (Å²) in [5.74, 6) is 0. The molecule has 1 aliphatic rings. The summed E-state index contributed by atoms with van der Waals surface area (Å²) in [6.07, 6.45) is -0.965. The molecule has 0 spiro atoms. The fourth-order valence-corrected chi connectivity index (χ4v) is 0.399. The maximum absolute atomic E-state index is 8.81. The summed E-state index contributed by atoms with van der Waals surface area (Å²) in [7, 11) is 0. The molecule has 1 saturated heterocycles. The second-order valence-electron chi connectivity index (χ2n) is 2.02. The predicted octanol–water partition coefficient (Wildman–Crippen LogP) is -0.914. The van der Waals surface area contributed by atoms with Crippen molar-refractivity contribution in [3.8, 4) is 0 Å². The monoisotopic (exact) mass is 104 g/mol. The van der Waals surface area contributed by atoms with Crippen molar-refractivity contribution >= 4 is 0 Å². The van der Waals surface area contributed by atoms with Crippen LogP contribution in [0.25, 0.3) is 0 Å². The molecule has 0 aromatic rings. The summed E-state index contributed by atoms with van der Waals surface area (Å²) < 4.78 is 4.45. The average molecular weight is 104 g/mol. The molecule has 0 saturated carbocycles. The van der Waals surface area contributed by atoms with E-state index in [9.17, 15) is 0 Å². The van der Waals surface area contributed by atoms with Gasteiger partial charge in [0.25, 0.3) is 0 Å². The summed E-state index contributed by atoms with van der Waals surface area (Å²) in [4.78, 5) is 0. The molecular formula is C4H8O3. The zero-order valence-electron chi connectivity index (χ0n) is 4.09. The fourth-order valence-electron chi connectivity index (χ4n) is 0.399. The number of ether oxygens (including phenoxy) is 1. The van der Waals surface area contributed by atoms with E-state index in [2.05, 4.69) is 4.74 Å². The van der Waals surface area contributed by atoms with E-state index >= 15 is 0 Å². The molecule has 0 amide bonds. The van der Waals surface area contributed by atoms with Gasteiger partial charge in [-0.3, -0.25) is 0 Å². The van der Waals surface area contributed by atoms with Gasteiger partial charge in [0.15, 0.2) is 6.29 Å². The van der Waals surface area contributed by atoms with Gasteiger partial charge in [0.2, 0.25) is 0 Å². The number of hydrogen-bond acceptors (Lipinski definition) is 3. The van der Waals surface area contributed by atoms with Crippen LogP contribution in [0.2, 0.25) is 0 Å². The molecule has 0 bridgehead atoms. The van der Waals surface area contributed by atoms with Crippen LogP contribution < -0.4 is 0 Å². The third-order valence-electron chi connectivity index (χ3n) is 1.07. The SMILES string of the molecule is CC1(O)COC1O. The van der Waals surface area contributed by atoms with E-state index in [4.69, 9.17) is 10.2 Å². The topological polar surface area (TPSA) is 49.7 Å². The fraction of sp³-hybridized carbons (Fsp3) is 1.00. The highest BCUT2D eigenvalue weighted by Crippen LogP contribution is 2.21. The number of rotatable bonds is 0. The van der Waals surface area contributed by atoms with Crippen molar-refractivity contribution in [3.05, 3.63) is 0 Å². The molecule has 0 aromatic carbocycles. The Hall–Kier alpha value is -0.120. The standard InChI is InChI=1S/C4H8O3/c1-4(6)2-7-3(4)5/h3,5-6H,2H2,1H3. The van der Waals surface area contributed by atoms with Crippen LogP contribution in [0.3, 0.4) is 0 Å². The molecule has 2 atom stereocenters. The predicted molar refractivity (Wildman–Crippen MR) is 22.6 cm³/mol. The van der Waals surface area contributed by atoms with Gasteiger partial charge in [0.1, 0.15) is 5.60 Å². The minimum Gasteiger partial charge on any atom is -0.382 e. The molecule has 3 nitrogen and oxygen atoms in total. The van der Waals surface area contributed by atoms with Gasteiger partial charge in [-0.05, 0) is 6.92 Å². The van der Waals surface area contributed by atoms with E-state index < -0.39 is 11.9 Å². The Kier molecular flexibility index (Phi) is 0.849. The van der Waals surface area contributed by atoms with Crippen LogP contribution in [0.15, 0.2) is 0 Å². The Morgan fingerprint density at radius 1 is 1.86 bits per heavy atom. The summed E-state index contributed by atoms with van der Waals surface area (Å²) >= 11 is 0.